The van der Waals surface area contributed by atoms with Crippen LogP contribution in [0, 0.1) is 3.57 Å². The van der Waals surface area contributed by atoms with Gasteiger partial charge in [0.2, 0.25) is 5.91 Å². The molecule has 1 aromatic rings. The van der Waals surface area contributed by atoms with Crippen molar-refractivity contribution in [2.75, 3.05) is 5.32 Å². The summed E-state index contributed by atoms with van der Waals surface area (Å²) in [4.78, 5) is 22.3. The second-order valence-electron chi connectivity index (χ2n) is 3.02. The Morgan fingerprint density at radius 2 is 1.93 bits per heavy atom. The Hall–Kier alpha value is -0.620. The first-order valence-electron chi connectivity index (χ1n) is 4.20. The maximum Gasteiger partial charge on any atom is 0.221 e. The van der Waals surface area contributed by atoms with Crippen LogP contribution in [0.15, 0.2) is 12.1 Å². The highest BCUT2D eigenvalue weighted by atomic mass is 127. The first kappa shape index (κ1) is 12.4. The largest absolute Gasteiger partial charge is 0.326 e. The zero-order chi connectivity index (χ0) is 11.6. The van der Waals surface area contributed by atoms with Crippen LogP contribution in [0.2, 0.25) is 5.02 Å². The molecule has 0 unspecified atom stereocenters. The fourth-order valence-corrected chi connectivity index (χ4v) is 2.20. The number of nitrogens with one attached hydrogen (secondary N) is 1. The first-order chi connectivity index (χ1) is 6.93. The van der Waals surface area contributed by atoms with Crippen molar-refractivity contribution in [3.63, 3.8) is 0 Å². The lowest BCUT2D eigenvalue weighted by atomic mass is 10.1. The van der Waals surface area contributed by atoms with Crippen molar-refractivity contribution in [1.29, 1.82) is 0 Å². The molecule has 1 rings (SSSR count). The molecule has 1 amide bonds. The van der Waals surface area contributed by atoms with Crippen LogP contribution in [0.4, 0.5) is 5.69 Å². The van der Waals surface area contributed by atoms with E-state index in [-0.39, 0.29) is 11.7 Å². The van der Waals surface area contributed by atoms with Crippen LogP contribution in [0.25, 0.3) is 0 Å². The second-order valence-corrected chi connectivity index (χ2v) is 4.51. The van der Waals surface area contributed by atoms with E-state index in [0.29, 0.717) is 19.8 Å². The summed E-state index contributed by atoms with van der Waals surface area (Å²) in [5.41, 5.74) is 0.960. The number of ketones is 1. The van der Waals surface area contributed by atoms with Gasteiger partial charge >= 0.3 is 0 Å². The highest BCUT2D eigenvalue weighted by Crippen LogP contribution is 2.28. The number of anilines is 1. The van der Waals surface area contributed by atoms with E-state index in [1.54, 1.807) is 12.1 Å². The van der Waals surface area contributed by atoms with Gasteiger partial charge < -0.3 is 5.32 Å². The van der Waals surface area contributed by atoms with Gasteiger partial charge in [-0.25, -0.2) is 0 Å². The molecule has 0 aliphatic rings. The Labute approximate surface area is 106 Å². The van der Waals surface area contributed by atoms with Gasteiger partial charge in [0.1, 0.15) is 0 Å². The number of hydrogen-bond donors (Lipinski definition) is 1. The highest BCUT2D eigenvalue weighted by Gasteiger charge is 2.14. The molecule has 0 bridgehead atoms. The fourth-order valence-electron chi connectivity index (χ4n) is 1.19. The van der Waals surface area contributed by atoms with Gasteiger partial charge in [0.05, 0.1) is 16.3 Å². The molecule has 0 heterocycles. The molecule has 80 valence electrons. The van der Waals surface area contributed by atoms with Crippen LogP contribution in [-0.4, -0.2) is 11.7 Å². The molecule has 3 nitrogen and oxygen atoms in total. The molecule has 1 aromatic carbocycles. The van der Waals surface area contributed by atoms with Gasteiger partial charge in [-0.2, -0.15) is 0 Å². The molecule has 0 atom stereocenters. The summed E-state index contributed by atoms with van der Waals surface area (Å²) in [7, 11) is 0. The quantitative estimate of drug-likeness (QED) is 0.666. The van der Waals surface area contributed by atoms with Crippen molar-refractivity contribution in [1.82, 2.24) is 0 Å². The van der Waals surface area contributed by atoms with Crippen LogP contribution in [-0.2, 0) is 4.79 Å². The van der Waals surface area contributed by atoms with Crippen LogP contribution in [0.3, 0.4) is 0 Å². The summed E-state index contributed by atoms with van der Waals surface area (Å²) < 4.78 is 0.660. The van der Waals surface area contributed by atoms with Gasteiger partial charge in [-0.05, 0) is 41.6 Å². The number of hydrogen-bond acceptors (Lipinski definition) is 2. The molecule has 0 spiro atoms. The monoisotopic (exact) mass is 337 g/mol. The van der Waals surface area contributed by atoms with Gasteiger partial charge in [-0.3, -0.25) is 9.59 Å². The van der Waals surface area contributed by atoms with E-state index < -0.39 is 0 Å². The molecule has 5 heteroatoms. The molecule has 0 aliphatic carbocycles. The number of amides is 1. The standard InChI is InChI=1S/C10H9ClINO2/c1-5(14)9-8(13-6(2)15)4-3-7(11)10(9)12/h3-4H,1-2H3,(H,13,15). The van der Waals surface area contributed by atoms with E-state index >= 15 is 0 Å². The molecule has 15 heavy (non-hydrogen) atoms. The van der Waals surface area contributed by atoms with E-state index in [0.717, 1.165) is 0 Å². The van der Waals surface area contributed by atoms with E-state index in [1.807, 2.05) is 22.6 Å². The number of rotatable bonds is 2. The normalized spacial score (nSPS) is 9.87. The third-order valence-corrected chi connectivity index (χ3v) is 3.51. The summed E-state index contributed by atoms with van der Waals surface area (Å²) in [6.07, 6.45) is 0. The lowest BCUT2D eigenvalue weighted by Crippen LogP contribution is -2.11. The number of benzene rings is 1. The Morgan fingerprint density at radius 1 is 1.33 bits per heavy atom. The minimum atomic E-state index is -0.212. The fraction of sp³-hybridized carbons (Fsp3) is 0.200. The van der Waals surface area contributed by atoms with E-state index in [1.165, 1.54) is 13.8 Å². The predicted octanol–water partition coefficient (Wildman–Crippen LogP) is 3.11. The minimum Gasteiger partial charge on any atom is -0.326 e. The molecule has 0 saturated carbocycles. The molecular weight excluding hydrogens is 328 g/mol. The van der Waals surface area contributed by atoms with E-state index in [9.17, 15) is 9.59 Å². The summed E-state index contributed by atoms with van der Waals surface area (Å²) in [6, 6.07) is 3.28. The molecule has 0 aromatic heterocycles. The molecule has 0 fully saturated rings. The first-order valence-corrected chi connectivity index (χ1v) is 5.65. The SMILES string of the molecule is CC(=O)Nc1ccc(Cl)c(I)c1C(C)=O. The zero-order valence-corrected chi connectivity index (χ0v) is 11.1. The van der Waals surface area contributed by atoms with Crippen molar-refractivity contribution in [2.24, 2.45) is 0 Å². The average molecular weight is 338 g/mol. The van der Waals surface area contributed by atoms with Crippen LogP contribution in [0.1, 0.15) is 24.2 Å². The summed E-state index contributed by atoms with van der Waals surface area (Å²) in [5.74, 6) is -0.332. The van der Waals surface area contributed by atoms with Gasteiger partial charge in [0.15, 0.2) is 5.78 Å². The molecule has 0 saturated heterocycles. The smallest absolute Gasteiger partial charge is 0.221 e. The number of carbonyl (C=O) groups excluding carboxylic acids is 2. The summed E-state index contributed by atoms with van der Waals surface area (Å²) in [5, 5.41) is 3.11. The van der Waals surface area contributed by atoms with Gasteiger partial charge in [-0.1, -0.05) is 11.6 Å². The third kappa shape index (κ3) is 2.92. The summed E-state index contributed by atoms with van der Waals surface area (Å²) in [6.45, 7) is 2.84. The molecule has 1 N–H and O–H groups in total. The Balaban J connectivity index is 3.33. The van der Waals surface area contributed by atoms with Crippen molar-refractivity contribution in [3.8, 4) is 0 Å². The van der Waals surface area contributed by atoms with E-state index in [2.05, 4.69) is 5.32 Å². The van der Waals surface area contributed by atoms with Crippen LogP contribution >= 0.6 is 34.2 Å². The Bertz CT molecular complexity index is 432. The Morgan fingerprint density at radius 3 is 2.40 bits per heavy atom. The maximum atomic E-state index is 11.4. The number of halogens is 2. The topological polar surface area (TPSA) is 46.2 Å². The number of Topliss-reactive ketones (excluding diaryl/α,β-unsaturated/α-hetero) is 1. The van der Waals surface area contributed by atoms with Gasteiger partial charge in [0.25, 0.3) is 0 Å². The molecule has 0 aliphatic heterocycles. The second kappa shape index (κ2) is 4.94. The third-order valence-electron chi connectivity index (χ3n) is 1.76. The lowest BCUT2D eigenvalue weighted by molar-refractivity contribution is -0.114. The Kier molecular flexibility index (Phi) is 4.10. The number of carbonyl (C=O) groups is 2. The van der Waals surface area contributed by atoms with Gasteiger partial charge in [0, 0.05) is 10.5 Å². The lowest BCUT2D eigenvalue weighted by Gasteiger charge is -2.10. The van der Waals surface area contributed by atoms with Crippen molar-refractivity contribution in [2.45, 2.75) is 13.8 Å². The average Bonchev–Trinajstić information content (AvgIpc) is 2.10. The van der Waals surface area contributed by atoms with Crippen molar-refractivity contribution in [3.05, 3.63) is 26.3 Å². The predicted molar refractivity (Wildman–Crippen MR) is 68.5 cm³/mol. The van der Waals surface area contributed by atoms with Crippen LogP contribution < -0.4 is 5.32 Å². The van der Waals surface area contributed by atoms with Crippen molar-refractivity contribution >= 4 is 51.6 Å². The van der Waals surface area contributed by atoms with Crippen molar-refractivity contribution < 1.29 is 9.59 Å². The maximum absolute atomic E-state index is 11.4. The minimum absolute atomic E-state index is 0.120. The zero-order valence-electron chi connectivity index (χ0n) is 8.23. The highest BCUT2D eigenvalue weighted by molar-refractivity contribution is 14.1. The van der Waals surface area contributed by atoms with Crippen LogP contribution in [0.5, 0.6) is 0 Å². The van der Waals surface area contributed by atoms with Gasteiger partial charge in [-0.15, -0.1) is 0 Å². The summed E-state index contributed by atoms with van der Waals surface area (Å²) >= 11 is 7.88. The molecular formula is C10H9ClINO2. The van der Waals surface area contributed by atoms with E-state index in [4.69, 9.17) is 11.6 Å². The molecule has 0 radical (unpaired) electrons.